The first-order valence-electron chi connectivity index (χ1n) is 6.95. The van der Waals surface area contributed by atoms with E-state index in [-0.39, 0.29) is 18.2 Å². The van der Waals surface area contributed by atoms with Gasteiger partial charge in [0.05, 0.1) is 12.3 Å². The van der Waals surface area contributed by atoms with Crippen molar-refractivity contribution in [2.75, 3.05) is 39.8 Å². The quantitative estimate of drug-likeness (QED) is 0.823. The average molecular weight is 311 g/mol. The van der Waals surface area contributed by atoms with Crippen LogP contribution in [0.1, 0.15) is 5.56 Å². The van der Waals surface area contributed by atoms with Crippen molar-refractivity contribution in [2.24, 2.45) is 0 Å². The Hall–Kier alpha value is -1.44. The van der Waals surface area contributed by atoms with Gasteiger partial charge in [-0.15, -0.1) is 0 Å². The highest BCUT2D eigenvalue weighted by molar-refractivity contribution is 7.88. The van der Waals surface area contributed by atoms with Crippen molar-refractivity contribution in [1.29, 1.82) is 0 Å². The lowest BCUT2D eigenvalue weighted by Gasteiger charge is -2.29. The molecule has 1 saturated heterocycles. The predicted octanol–water partition coefficient (Wildman–Crippen LogP) is -0.120. The smallest absolute Gasteiger partial charge is 0.237 e. The number of carbonyl (C=O) groups excluding carboxylic acids is 1. The van der Waals surface area contributed by atoms with Gasteiger partial charge in [-0.2, -0.15) is 4.31 Å². The number of amides is 1. The van der Waals surface area contributed by atoms with E-state index in [9.17, 15) is 13.2 Å². The number of likely N-dealkylation sites (N-methyl/N-ethyl adjacent to an activating group) is 1. The lowest BCUT2D eigenvalue weighted by Crippen LogP contribution is -2.49. The van der Waals surface area contributed by atoms with E-state index < -0.39 is 10.0 Å². The third kappa shape index (κ3) is 4.52. The van der Waals surface area contributed by atoms with Gasteiger partial charge < -0.3 is 10.2 Å². The second kappa shape index (κ2) is 7.02. The summed E-state index contributed by atoms with van der Waals surface area (Å²) in [5.74, 6) is -0.227. The third-order valence-corrected chi connectivity index (χ3v) is 5.27. The van der Waals surface area contributed by atoms with Crippen LogP contribution in [0.5, 0.6) is 0 Å². The number of nitrogens with one attached hydrogen (secondary N) is 1. The van der Waals surface area contributed by atoms with Gasteiger partial charge in [0, 0.05) is 33.2 Å². The molecule has 6 nitrogen and oxygen atoms in total. The Morgan fingerprint density at radius 2 is 1.86 bits per heavy atom. The molecule has 0 radical (unpaired) electrons. The number of hydrogen-bond acceptors (Lipinski definition) is 4. The van der Waals surface area contributed by atoms with Gasteiger partial charge >= 0.3 is 0 Å². The molecule has 1 aromatic rings. The first-order valence-corrected chi connectivity index (χ1v) is 8.56. The van der Waals surface area contributed by atoms with Crippen LogP contribution in [0.25, 0.3) is 0 Å². The minimum absolute atomic E-state index is 0.0842. The molecule has 0 unspecified atom stereocenters. The lowest BCUT2D eigenvalue weighted by atomic mass is 10.2. The summed E-state index contributed by atoms with van der Waals surface area (Å²) in [5.41, 5.74) is 0.721. The first-order chi connectivity index (χ1) is 9.99. The van der Waals surface area contributed by atoms with Crippen molar-refractivity contribution in [3.63, 3.8) is 0 Å². The van der Waals surface area contributed by atoms with Gasteiger partial charge in [-0.25, -0.2) is 8.42 Å². The van der Waals surface area contributed by atoms with E-state index in [4.69, 9.17) is 0 Å². The predicted molar refractivity (Wildman–Crippen MR) is 81.1 cm³/mol. The van der Waals surface area contributed by atoms with Crippen LogP contribution >= 0.6 is 0 Å². The summed E-state index contributed by atoms with van der Waals surface area (Å²) in [4.78, 5) is 13.8. The zero-order chi connectivity index (χ0) is 15.3. The van der Waals surface area contributed by atoms with Gasteiger partial charge in [0.25, 0.3) is 0 Å². The molecule has 0 atom stereocenters. The number of rotatable bonds is 5. The summed E-state index contributed by atoms with van der Waals surface area (Å²) < 4.78 is 25.7. The Balaban J connectivity index is 1.94. The molecular weight excluding hydrogens is 290 g/mol. The van der Waals surface area contributed by atoms with Crippen molar-refractivity contribution in [3.8, 4) is 0 Å². The lowest BCUT2D eigenvalue weighted by molar-refractivity contribution is -0.131. The molecule has 0 aromatic heterocycles. The maximum atomic E-state index is 12.3. The Morgan fingerprint density at radius 3 is 2.48 bits per heavy atom. The van der Waals surface area contributed by atoms with E-state index in [2.05, 4.69) is 5.32 Å². The topological polar surface area (TPSA) is 69.7 Å². The van der Waals surface area contributed by atoms with Crippen LogP contribution in [0.3, 0.4) is 0 Å². The number of carbonyl (C=O) groups is 1. The van der Waals surface area contributed by atoms with Crippen molar-refractivity contribution in [3.05, 3.63) is 35.9 Å². The molecule has 0 bridgehead atoms. The van der Waals surface area contributed by atoms with Crippen LogP contribution in [0, 0.1) is 0 Å². The second-order valence-corrected chi connectivity index (χ2v) is 7.20. The molecule has 1 heterocycles. The van der Waals surface area contributed by atoms with Crippen LogP contribution in [0.15, 0.2) is 30.3 Å². The highest BCUT2D eigenvalue weighted by Crippen LogP contribution is 2.09. The van der Waals surface area contributed by atoms with Crippen LogP contribution in [-0.4, -0.2) is 63.3 Å². The van der Waals surface area contributed by atoms with Crippen molar-refractivity contribution >= 4 is 15.9 Å². The maximum absolute atomic E-state index is 12.3. The monoisotopic (exact) mass is 311 g/mol. The van der Waals surface area contributed by atoms with Gasteiger partial charge in [-0.05, 0) is 5.56 Å². The normalized spacial score (nSPS) is 16.2. The summed E-state index contributed by atoms with van der Waals surface area (Å²) in [6, 6.07) is 8.98. The minimum Gasteiger partial charge on any atom is -0.339 e. The molecule has 1 fully saturated rings. The van der Waals surface area contributed by atoms with Crippen LogP contribution in [0.2, 0.25) is 0 Å². The molecule has 0 aliphatic carbocycles. The van der Waals surface area contributed by atoms with E-state index in [1.807, 2.05) is 6.07 Å². The van der Waals surface area contributed by atoms with E-state index in [0.29, 0.717) is 13.1 Å². The fourth-order valence-electron chi connectivity index (χ4n) is 2.20. The zero-order valence-electron chi connectivity index (χ0n) is 12.2. The molecule has 1 aliphatic heterocycles. The van der Waals surface area contributed by atoms with Crippen molar-refractivity contribution < 1.29 is 13.2 Å². The molecule has 1 aromatic carbocycles. The fraction of sp³-hybridized carbons (Fsp3) is 0.500. The van der Waals surface area contributed by atoms with Crippen molar-refractivity contribution in [2.45, 2.75) is 5.75 Å². The number of sulfonamides is 1. The first kappa shape index (κ1) is 15.9. The molecule has 2 rings (SSSR count). The SMILES string of the molecule is CN(CC(=O)N1CCNCC1)S(=O)(=O)Cc1ccccc1. The highest BCUT2D eigenvalue weighted by Gasteiger charge is 2.24. The largest absolute Gasteiger partial charge is 0.339 e. The molecule has 116 valence electrons. The minimum atomic E-state index is -3.48. The number of piperazine rings is 1. The molecule has 21 heavy (non-hydrogen) atoms. The third-order valence-electron chi connectivity index (χ3n) is 3.49. The van der Waals surface area contributed by atoms with Gasteiger partial charge in [0.1, 0.15) is 0 Å². The van der Waals surface area contributed by atoms with Gasteiger partial charge in [-0.3, -0.25) is 4.79 Å². The molecular formula is C14H21N3O3S. The van der Waals surface area contributed by atoms with Crippen LogP contribution in [-0.2, 0) is 20.6 Å². The number of benzene rings is 1. The Kier molecular flexibility index (Phi) is 5.33. The zero-order valence-corrected chi connectivity index (χ0v) is 13.0. The second-order valence-electron chi connectivity index (χ2n) is 5.13. The summed E-state index contributed by atoms with van der Waals surface area (Å²) in [6.07, 6.45) is 0. The van der Waals surface area contributed by atoms with Crippen LogP contribution in [0.4, 0.5) is 0 Å². The van der Waals surface area contributed by atoms with E-state index >= 15 is 0 Å². The summed E-state index contributed by atoms with van der Waals surface area (Å²) in [7, 11) is -2.02. The molecule has 1 amide bonds. The van der Waals surface area contributed by atoms with E-state index in [0.717, 1.165) is 23.0 Å². The van der Waals surface area contributed by atoms with E-state index in [1.54, 1.807) is 29.2 Å². The Bertz CT molecular complexity index is 568. The van der Waals surface area contributed by atoms with Gasteiger partial charge in [0.15, 0.2) is 0 Å². The summed E-state index contributed by atoms with van der Waals surface area (Å²) >= 11 is 0. The molecule has 1 N–H and O–H groups in total. The molecule has 7 heteroatoms. The van der Waals surface area contributed by atoms with Crippen LogP contribution < -0.4 is 5.32 Å². The molecule has 1 aliphatic rings. The highest BCUT2D eigenvalue weighted by atomic mass is 32.2. The summed E-state index contributed by atoms with van der Waals surface area (Å²) in [6.45, 7) is 2.67. The Morgan fingerprint density at radius 1 is 1.24 bits per heavy atom. The number of hydrogen-bond donors (Lipinski definition) is 1. The molecule has 0 saturated carbocycles. The van der Waals surface area contributed by atoms with Crippen molar-refractivity contribution in [1.82, 2.24) is 14.5 Å². The standard InChI is InChI=1S/C14H21N3O3S/c1-16(11-14(18)17-9-7-15-8-10-17)21(19,20)12-13-5-3-2-4-6-13/h2-6,15H,7-12H2,1H3. The Labute approximate surface area is 125 Å². The van der Waals surface area contributed by atoms with Gasteiger partial charge in [0.2, 0.25) is 15.9 Å². The number of nitrogens with zero attached hydrogens (tertiary/aromatic N) is 2. The van der Waals surface area contributed by atoms with Gasteiger partial charge in [-0.1, -0.05) is 30.3 Å². The fourth-order valence-corrected chi connectivity index (χ4v) is 3.34. The van der Waals surface area contributed by atoms with E-state index in [1.165, 1.54) is 7.05 Å². The average Bonchev–Trinajstić information content (AvgIpc) is 2.48. The molecule has 0 spiro atoms. The summed E-state index contributed by atoms with van der Waals surface area (Å²) in [5, 5.41) is 3.16. The maximum Gasteiger partial charge on any atom is 0.237 e.